The first kappa shape index (κ1) is 18.9. The Morgan fingerprint density at radius 1 is 1.14 bits per heavy atom. The molecule has 7 nitrogen and oxygen atoms in total. The number of aliphatic hydroxyl groups is 1. The second-order valence-corrected chi connectivity index (χ2v) is 7.35. The highest BCUT2D eigenvalue weighted by molar-refractivity contribution is 6.21. The van der Waals surface area contributed by atoms with Crippen molar-refractivity contribution >= 4 is 17.8 Å². The number of aliphatic hydroxyl groups excluding tert-OH is 1. The smallest absolute Gasteiger partial charge is 0.322 e. The van der Waals surface area contributed by atoms with Gasteiger partial charge in [-0.05, 0) is 36.6 Å². The van der Waals surface area contributed by atoms with E-state index in [0.29, 0.717) is 29.7 Å². The molecule has 1 aromatic heterocycles. The molecule has 1 aromatic carbocycles. The Labute approximate surface area is 165 Å². The number of nitrogens with zero attached hydrogens (tertiary/aromatic N) is 1. The molecule has 0 saturated heterocycles. The summed E-state index contributed by atoms with van der Waals surface area (Å²) in [4.78, 5) is 36.3. The average Bonchev–Trinajstić information content (AvgIpc) is 3.34. The van der Waals surface area contributed by atoms with Gasteiger partial charge in [0.05, 0.1) is 5.41 Å². The number of nitrogens with one attached hydrogen (secondary N) is 1. The minimum absolute atomic E-state index is 0.322. The van der Waals surface area contributed by atoms with Gasteiger partial charge in [-0.2, -0.15) is 0 Å². The standard InChI is InChI=1S/C21H19FN2O5/c22-13-5-3-12(4-6-13)14-7-10-24-17(14)21(8-1-2-9-21)18(27)16(20(24)29)19(28)23-11-15(25)26/h3-7,10,27H,1-2,8-9,11H2,(H,23,28)(H,25,26). The molecule has 2 aromatic rings. The molecule has 1 aliphatic carbocycles. The number of halogens is 1. The third-order valence-electron chi connectivity index (χ3n) is 5.70. The van der Waals surface area contributed by atoms with Crippen molar-refractivity contribution in [3.63, 3.8) is 0 Å². The van der Waals surface area contributed by atoms with Gasteiger partial charge in [-0.15, -0.1) is 0 Å². The highest BCUT2D eigenvalue weighted by atomic mass is 19.1. The molecule has 150 valence electrons. The van der Waals surface area contributed by atoms with Crippen LogP contribution in [0.2, 0.25) is 0 Å². The fraction of sp³-hybridized carbons (Fsp3) is 0.286. The Kier molecular flexibility index (Phi) is 4.49. The van der Waals surface area contributed by atoms with E-state index in [1.807, 2.05) is 0 Å². The van der Waals surface area contributed by atoms with Gasteiger partial charge in [-0.3, -0.25) is 19.0 Å². The summed E-state index contributed by atoms with van der Waals surface area (Å²) < 4.78 is 14.7. The Bertz CT molecular complexity index is 1050. The maximum atomic E-state index is 13.4. The maximum absolute atomic E-state index is 13.4. The molecule has 1 fully saturated rings. The van der Waals surface area contributed by atoms with Crippen LogP contribution in [0.15, 0.2) is 47.9 Å². The van der Waals surface area contributed by atoms with E-state index < -0.39 is 35.3 Å². The van der Waals surface area contributed by atoms with Gasteiger partial charge in [0.2, 0.25) is 0 Å². The molecule has 1 aliphatic heterocycles. The molecule has 4 rings (SSSR count). The van der Waals surface area contributed by atoms with Crippen molar-refractivity contribution in [2.45, 2.75) is 31.1 Å². The van der Waals surface area contributed by atoms with Gasteiger partial charge in [0.1, 0.15) is 23.7 Å². The molecule has 1 spiro atoms. The largest absolute Gasteiger partial charge is 0.510 e. The third-order valence-corrected chi connectivity index (χ3v) is 5.70. The summed E-state index contributed by atoms with van der Waals surface area (Å²) in [6.07, 6.45) is 4.22. The number of hydrogen-bond donors (Lipinski definition) is 3. The molecule has 0 bridgehead atoms. The number of carboxylic acids is 1. The molecule has 2 heterocycles. The fourth-order valence-corrected chi connectivity index (χ4v) is 4.43. The Morgan fingerprint density at radius 2 is 1.79 bits per heavy atom. The van der Waals surface area contributed by atoms with Gasteiger partial charge in [0.25, 0.3) is 11.8 Å². The first-order valence-electron chi connectivity index (χ1n) is 9.31. The minimum Gasteiger partial charge on any atom is -0.510 e. The SMILES string of the molecule is O=C(O)CNC(=O)C1=C(O)C2(CCCC2)c2c(-c3ccc(F)cc3)ccn2C1=O. The number of benzene rings is 1. The van der Waals surface area contributed by atoms with Crippen LogP contribution in [0.5, 0.6) is 0 Å². The summed E-state index contributed by atoms with van der Waals surface area (Å²) in [5, 5.41) is 22.0. The summed E-state index contributed by atoms with van der Waals surface area (Å²) in [7, 11) is 0. The van der Waals surface area contributed by atoms with Crippen molar-refractivity contribution in [1.29, 1.82) is 0 Å². The van der Waals surface area contributed by atoms with Crippen LogP contribution in [0.4, 0.5) is 4.39 Å². The molecular weight excluding hydrogens is 379 g/mol. The molecular formula is C21H19FN2O5. The molecule has 8 heteroatoms. The van der Waals surface area contributed by atoms with Crippen molar-refractivity contribution in [1.82, 2.24) is 9.88 Å². The topological polar surface area (TPSA) is 109 Å². The van der Waals surface area contributed by atoms with E-state index >= 15 is 0 Å². The van der Waals surface area contributed by atoms with Gasteiger partial charge in [0, 0.05) is 17.5 Å². The Balaban J connectivity index is 1.86. The van der Waals surface area contributed by atoms with Gasteiger partial charge in [-0.25, -0.2) is 4.39 Å². The summed E-state index contributed by atoms with van der Waals surface area (Å²) in [5.41, 5.74) is 0.625. The summed E-state index contributed by atoms with van der Waals surface area (Å²) in [6, 6.07) is 7.58. The lowest BCUT2D eigenvalue weighted by Crippen LogP contribution is -2.43. The zero-order chi connectivity index (χ0) is 20.8. The van der Waals surface area contributed by atoms with Gasteiger partial charge < -0.3 is 15.5 Å². The van der Waals surface area contributed by atoms with Crippen molar-refractivity contribution in [2.75, 3.05) is 6.54 Å². The number of carbonyl (C=O) groups is 3. The van der Waals surface area contributed by atoms with Crippen LogP contribution >= 0.6 is 0 Å². The van der Waals surface area contributed by atoms with Crippen LogP contribution in [-0.4, -0.2) is 39.1 Å². The van der Waals surface area contributed by atoms with E-state index in [4.69, 9.17) is 5.11 Å². The van der Waals surface area contributed by atoms with E-state index in [0.717, 1.165) is 12.8 Å². The number of rotatable bonds is 4. The first-order chi connectivity index (χ1) is 13.8. The van der Waals surface area contributed by atoms with E-state index in [-0.39, 0.29) is 11.6 Å². The lowest BCUT2D eigenvalue weighted by atomic mass is 9.74. The van der Waals surface area contributed by atoms with E-state index in [9.17, 15) is 23.9 Å². The van der Waals surface area contributed by atoms with Gasteiger partial charge >= 0.3 is 5.97 Å². The van der Waals surface area contributed by atoms with E-state index in [1.54, 1.807) is 18.2 Å². The van der Waals surface area contributed by atoms with Gasteiger partial charge in [0.15, 0.2) is 0 Å². The zero-order valence-electron chi connectivity index (χ0n) is 15.4. The highest BCUT2D eigenvalue weighted by Crippen LogP contribution is 2.52. The third kappa shape index (κ3) is 2.91. The molecule has 0 atom stereocenters. The molecule has 2 aliphatic rings. The fourth-order valence-electron chi connectivity index (χ4n) is 4.43. The van der Waals surface area contributed by atoms with E-state index in [1.165, 1.54) is 22.9 Å². The first-order valence-corrected chi connectivity index (χ1v) is 9.31. The number of hydrogen-bond acceptors (Lipinski definition) is 4. The molecule has 0 unspecified atom stereocenters. The summed E-state index contributed by atoms with van der Waals surface area (Å²) in [6.45, 7) is -0.657. The number of allylic oxidation sites excluding steroid dienone is 1. The van der Waals surface area contributed by atoms with Crippen LogP contribution in [0.1, 0.15) is 36.2 Å². The number of aromatic nitrogens is 1. The summed E-state index contributed by atoms with van der Waals surface area (Å²) >= 11 is 0. The summed E-state index contributed by atoms with van der Waals surface area (Å²) in [5.74, 6) is -3.58. The van der Waals surface area contributed by atoms with E-state index in [2.05, 4.69) is 5.32 Å². The van der Waals surface area contributed by atoms with Crippen molar-refractivity contribution < 1.29 is 29.0 Å². The lowest BCUT2D eigenvalue weighted by Gasteiger charge is -2.35. The number of amides is 1. The normalized spacial score (nSPS) is 17.5. The molecule has 29 heavy (non-hydrogen) atoms. The quantitative estimate of drug-likeness (QED) is 0.687. The maximum Gasteiger partial charge on any atom is 0.322 e. The number of carbonyl (C=O) groups excluding carboxylic acids is 2. The Morgan fingerprint density at radius 3 is 2.41 bits per heavy atom. The van der Waals surface area contributed by atoms with Crippen LogP contribution in [0, 0.1) is 5.82 Å². The molecule has 1 saturated carbocycles. The second kappa shape index (κ2) is 6.88. The van der Waals surface area contributed by atoms with Crippen molar-refractivity contribution in [3.8, 4) is 11.1 Å². The monoisotopic (exact) mass is 398 g/mol. The van der Waals surface area contributed by atoms with Crippen LogP contribution in [0.3, 0.4) is 0 Å². The lowest BCUT2D eigenvalue weighted by molar-refractivity contribution is -0.137. The molecule has 3 N–H and O–H groups in total. The van der Waals surface area contributed by atoms with Crippen molar-refractivity contribution in [3.05, 3.63) is 59.4 Å². The minimum atomic E-state index is -1.25. The number of aliphatic carboxylic acids is 1. The van der Waals surface area contributed by atoms with Crippen molar-refractivity contribution in [2.24, 2.45) is 0 Å². The predicted octanol–water partition coefficient (Wildman–Crippen LogP) is 2.77. The van der Waals surface area contributed by atoms with Crippen LogP contribution in [0.25, 0.3) is 11.1 Å². The van der Waals surface area contributed by atoms with Crippen LogP contribution < -0.4 is 5.32 Å². The Hall–Kier alpha value is -3.42. The number of carboxylic acid groups (broad SMARTS) is 1. The molecule has 1 amide bonds. The van der Waals surface area contributed by atoms with Gasteiger partial charge in [-0.1, -0.05) is 25.0 Å². The number of fused-ring (bicyclic) bond motifs is 2. The highest BCUT2D eigenvalue weighted by Gasteiger charge is 2.50. The predicted molar refractivity (Wildman–Crippen MR) is 101 cm³/mol. The van der Waals surface area contributed by atoms with Crippen LogP contribution in [-0.2, 0) is 15.0 Å². The molecule has 0 radical (unpaired) electrons. The second-order valence-electron chi connectivity index (χ2n) is 7.35. The average molecular weight is 398 g/mol. The zero-order valence-corrected chi connectivity index (χ0v) is 15.4.